The zero-order chi connectivity index (χ0) is 18.5. The monoisotopic (exact) mass is 371 g/mol. The van der Waals surface area contributed by atoms with Crippen LogP contribution in [0.2, 0.25) is 0 Å². The molecule has 0 atom stereocenters. The number of amides is 1. The number of ether oxygens (including phenoxy) is 2. The van der Waals surface area contributed by atoms with Crippen molar-refractivity contribution in [3.05, 3.63) is 47.5 Å². The lowest BCUT2D eigenvalue weighted by Crippen LogP contribution is -2.37. The van der Waals surface area contributed by atoms with Gasteiger partial charge in [-0.2, -0.15) is 0 Å². The number of fused-ring (bicyclic) bond motifs is 1. The molecule has 2 aromatic rings. The van der Waals surface area contributed by atoms with Crippen molar-refractivity contribution in [2.75, 3.05) is 30.9 Å². The number of rotatable bonds is 6. The Bertz CT molecular complexity index is 774. The molecule has 0 unspecified atom stereocenters. The van der Waals surface area contributed by atoms with Gasteiger partial charge in [-0.3, -0.25) is 4.79 Å². The Morgan fingerprint density at radius 2 is 1.96 bits per heavy atom. The van der Waals surface area contributed by atoms with Crippen LogP contribution in [-0.2, 0) is 11.2 Å². The molecule has 5 heteroatoms. The van der Waals surface area contributed by atoms with Crippen molar-refractivity contribution in [3.63, 3.8) is 0 Å². The van der Waals surface area contributed by atoms with E-state index in [9.17, 15) is 4.79 Å². The topological polar surface area (TPSA) is 38.8 Å². The number of carbonyl (C=O) groups is 1. The number of anilines is 1. The minimum atomic E-state index is 0.119. The summed E-state index contributed by atoms with van der Waals surface area (Å²) in [7, 11) is 1.66. The molecular formula is C21H25NO3S. The Labute approximate surface area is 159 Å². The van der Waals surface area contributed by atoms with E-state index in [-0.39, 0.29) is 5.91 Å². The van der Waals surface area contributed by atoms with Crippen molar-refractivity contribution < 1.29 is 14.3 Å². The minimum Gasteiger partial charge on any atom is -0.495 e. The van der Waals surface area contributed by atoms with Gasteiger partial charge in [0.05, 0.1) is 25.2 Å². The van der Waals surface area contributed by atoms with Crippen LogP contribution in [0.1, 0.15) is 24.5 Å². The first-order valence-corrected chi connectivity index (χ1v) is 9.95. The first-order chi connectivity index (χ1) is 12.6. The molecule has 1 amide bonds. The summed E-state index contributed by atoms with van der Waals surface area (Å²) in [4.78, 5) is 15.9. The maximum absolute atomic E-state index is 12.9. The molecule has 4 nitrogen and oxygen atoms in total. The number of thioether (sulfide) groups is 1. The first-order valence-electron chi connectivity index (χ1n) is 8.96. The zero-order valence-electron chi connectivity index (χ0n) is 15.6. The van der Waals surface area contributed by atoms with Crippen LogP contribution < -0.4 is 14.4 Å². The number of nitrogens with zero attached hydrogens (tertiary/aromatic N) is 1. The van der Waals surface area contributed by atoms with Gasteiger partial charge < -0.3 is 14.4 Å². The van der Waals surface area contributed by atoms with Gasteiger partial charge in [0, 0.05) is 11.4 Å². The summed E-state index contributed by atoms with van der Waals surface area (Å²) in [5.74, 6) is 2.16. The third-order valence-corrected chi connectivity index (χ3v) is 5.57. The Morgan fingerprint density at radius 1 is 1.19 bits per heavy atom. The summed E-state index contributed by atoms with van der Waals surface area (Å²) in [5, 5.41) is 0. The van der Waals surface area contributed by atoms with E-state index >= 15 is 0 Å². The standard InChI is InChI=1S/C21H25NO3S/c1-4-25-16-8-10-17(11-9-16)26-14-20(23)22-13-5-6-18-15(2)7-12-19(24-3)21(18)22/h7-12H,4-6,13-14H2,1-3H3. The van der Waals surface area contributed by atoms with Crippen LogP contribution in [0.5, 0.6) is 11.5 Å². The van der Waals surface area contributed by atoms with Gasteiger partial charge in [0.15, 0.2) is 0 Å². The highest BCUT2D eigenvalue weighted by Gasteiger charge is 2.27. The summed E-state index contributed by atoms with van der Waals surface area (Å²) in [5.41, 5.74) is 3.41. The van der Waals surface area contributed by atoms with Gasteiger partial charge in [0.2, 0.25) is 5.91 Å². The molecule has 0 saturated carbocycles. The predicted molar refractivity (Wildman–Crippen MR) is 107 cm³/mol. The Balaban J connectivity index is 1.72. The van der Waals surface area contributed by atoms with Gasteiger partial charge in [0.1, 0.15) is 11.5 Å². The van der Waals surface area contributed by atoms with Crippen LogP contribution in [0, 0.1) is 6.92 Å². The second-order valence-electron chi connectivity index (χ2n) is 6.25. The fourth-order valence-corrected chi connectivity index (χ4v) is 4.06. The lowest BCUT2D eigenvalue weighted by molar-refractivity contribution is -0.116. The van der Waals surface area contributed by atoms with Crippen LogP contribution in [0.25, 0.3) is 0 Å². The number of benzene rings is 2. The van der Waals surface area contributed by atoms with Gasteiger partial charge >= 0.3 is 0 Å². The second kappa shape index (κ2) is 8.49. The molecule has 0 radical (unpaired) electrons. The third-order valence-electron chi connectivity index (χ3n) is 4.58. The highest BCUT2D eigenvalue weighted by molar-refractivity contribution is 8.00. The molecule has 0 spiro atoms. The van der Waals surface area contributed by atoms with E-state index in [1.165, 1.54) is 11.1 Å². The summed E-state index contributed by atoms with van der Waals surface area (Å²) in [6.07, 6.45) is 1.98. The lowest BCUT2D eigenvalue weighted by Gasteiger charge is -2.32. The van der Waals surface area contributed by atoms with E-state index in [0.717, 1.165) is 41.5 Å². The largest absolute Gasteiger partial charge is 0.495 e. The molecule has 0 aliphatic carbocycles. The van der Waals surface area contributed by atoms with Gasteiger partial charge in [-0.1, -0.05) is 6.07 Å². The zero-order valence-corrected chi connectivity index (χ0v) is 16.4. The van der Waals surface area contributed by atoms with Gasteiger partial charge in [-0.15, -0.1) is 11.8 Å². The van der Waals surface area contributed by atoms with Gasteiger partial charge in [-0.25, -0.2) is 0 Å². The van der Waals surface area contributed by atoms with E-state index in [4.69, 9.17) is 9.47 Å². The number of aryl methyl sites for hydroxylation is 1. The molecule has 1 aliphatic rings. The molecule has 0 bridgehead atoms. The molecule has 138 valence electrons. The molecule has 0 fully saturated rings. The van der Waals surface area contributed by atoms with E-state index in [1.807, 2.05) is 42.2 Å². The number of hydrogen-bond donors (Lipinski definition) is 0. The Kier molecular flexibility index (Phi) is 6.09. The number of methoxy groups -OCH3 is 1. The summed E-state index contributed by atoms with van der Waals surface area (Å²) in [6.45, 7) is 5.46. The smallest absolute Gasteiger partial charge is 0.237 e. The number of carbonyl (C=O) groups excluding carboxylic acids is 1. The average Bonchev–Trinajstić information content (AvgIpc) is 2.67. The van der Waals surface area contributed by atoms with Crippen molar-refractivity contribution in [2.45, 2.75) is 31.6 Å². The average molecular weight is 372 g/mol. The summed E-state index contributed by atoms with van der Waals surface area (Å²) in [6, 6.07) is 11.9. The van der Waals surface area contributed by atoms with Crippen LogP contribution in [0.3, 0.4) is 0 Å². The molecule has 2 aromatic carbocycles. The minimum absolute atomic E-state index is 0.119. The van der Waals surface area contributed by atoms with E-state index in [0.29, 0.717) is 12.4 Å². The first kappa shape index (κ1) is 18.6. The Hall–Kier alpha value is -2.14. The molecule has 0 aromatic heterocycles. The molecular weight excluding hydrogens is 346 g/mol. The van der Waals surface area contributed by atoms with Gasteiger partial charge in [-0.05, 0) is 68.1 Å². The molecule has 1 aliphatic heterocycles. The molecule has 1 heterocycles. The highest BCUT2D eigenvalue weighted by Crippen LogP contribution is 2.38. The fraction of sp³-hybridized carbons (Fsp3) is 0.381. The molecule has 0 N–H and O–H groups in total. The van der Waals surface area contributed by atoms with Crippen molar-refractivity contribution >= 4 is 23.4 Å². The van der Waals surface area contributed by atoms with Crippen LogP contribution >= 0.6 is 11.8 Å². The van der Waals surface area contributed by atoms with Crippen molar-refractivity contribution in [2.24, 2.45) is 0 Å². The Morgan fingerprint density at radius 3 is 2.65 bits per heavy atom. The fourth-order valence-electron chi connectivity index (χ4n) is 3.29. The predicted octanol–water partition coefficient (Wildman–Crippen LogP) is 4.47. The molecule has 26 heavy (non-hydrogen) atoms. The van der Waals surface area contributed by atoms with Gasteiger partial charge in [0.25, 0.3) is 0 Å². The summed E-state index contributed by atoms with van der Waals surface area (Å²) < 4.78 is 11.0. The highest BCUT2D eigenvalue weighted by atomic mass is 32.2. The molecule has 3 rings (SSSR count). The summed E-state index contributed by atoms with van der Waals surface area (Å²) >= 11 is 1.55. The second-order valence-corrected chi connectivity index (χ2v) is 7.30. The number of hydrogen-bond acceptors (Lipinski definition) is 4. The van der Waals surface area contributed by atoms with Crippen LogP contribution in [0.4, 0.5) is 5.69 Å². The molecule has 0 saturated heterocycles. The SMILES string of the molecule is CCOc1ccc(SCC(=O)N2CCCc3c(C)ccc(OC)c32)cc1. The van der Waals surface area contributed by atoms with Crippen LogP contribution in [0.15, 0.2) is 41.3 Å². The van der Waals surface area contributed by atoms with Crippen molar-refractivity contribution in [3.8, 4) is 11.5 Å². The van der Waals surface area contributed by atoms with E-state index < -0.39 is 0 Å². The quantitative estimate of drug-likeness (QED) is 0.702. The third kappa shape index (κ3) is 3.98. The maximum atomic E-state index is 12.9. The normalized spacial score (nSPS) is 13.3. The van der Waals surface area contributed by atoms with E-state index in [2.05, 4.69) is 13.0 Å². The van der Waals surface area contributed by atoms with Crippen molar-refractivity contribution in [1.82, 2.24) is 0 Å². The van der Waals surface area contributed by atoms with Crippen LogP contribution in [-0.4, -0.2) is 31.9 Å². The van der Waals surface area contributed by atoms with Crippen molar-refractivity contribution in [1.29, 1.82) is 0 Å². The maximum Gasteiger partial charge on any atom is 0.237 e. The lowest BCUT2D eigenvalue weighted by atomic mass is 9.96. The van der Waals surface area contributed by atoms with E-state index in [1.54, 1.807) is 18.9 Å².